The number of amides is 1. The Kier molecular flexibility index (Phi) is 5.87. The molecule has 1 aliphatic heterocycles. The molecule has 1 aromatic carbocycles. The lowest BCUT2D eigenvalue weighted by molar-refractivity contribution is 0.0786. The van der Waals surface area contributed by atoms with Crippen molar-refractivity contribution in [2.24, 2.45) is 11.5 Å². The van der Waals surface area contributed by atoms with Gasteiger partial charge in [0.15, 0.2) is 5.82 Å². The van der Waals surface area contributed by atoms with E-state index in [1.165, 1.54) is 30.6 Å². The first kappa shape index (κ1) is 20.6. The number of aromatic nitrogens is 2. The first-order chi connectivity index (χ1) is 14.4. The molecule has 1 fully saturated rings. The molecular formula is C21H23ClFN5O2. The molecule has 0 radical (unpaired) electrons. The third-order valence-electron chi connectivity index (χ3n) is 5.46. The lowest BCUT2D eigenvalue weighted by atomic mass is 9.93. The summed E-state index contributed by atoms with van der Waals surface area (Å²) < 4.78 is 19.9. The summed E-state index contributed by atoms with van der Waals surface area (Å²) in [6.45, 7) is 0.483. The fourth-order valence-corrected chi connectivity index (χ4v) is 3.90. The maximum atomic E-state index is 13.9. The molecule has 158 valence electrons. The van der Waals surface area contributed by atoms with E-state index in [1.54, 1.807) is 4.90 Å². The number of nitrogens with zero attached hydrogens (tertiary/aromatic N) is 3. The first-order valence-electron chi connectivity index (χ1n) is 9.87. The van der Waals surface area contributed by atoms with Crippen molar-refractivity contribution < 1.29 is 13.9 Å². The van der Waals surface area contributed by atoms with Crippen molar-refractivity contribution in [1.29, 1.82) is 0 Å². The molecule has 2 aliphatic rings. The highest BCUT2D eigenvalue weighted by Gasteiger charge is 2.30. The minimum absolute atomic E-state index is 0.0852. The van der Waals surface area contributed by atoms with Gasteiger partial charge in [0.2, 0.25) is 0 Å². The van der Waals surface area contributed by atoms with Gasteiger partial charge in [-0.2, -0.15) is 0 Å². The quantitative estimate of drug-likeness (QED) is 0.770. The highest BCUT2D eigenvalue weighted by Crippen LogP contribution is 2.30. The van der Waals surface area contributed by atoms with Gasteiger partial charge in [-0.05, 0) is 37.8 Å². The number of benzene rings is 1. The summed E-state index contributed by atoms with van der Waals surface area (Å²) in [6, 6.07) is 4.14. The van der Waals surface area contributed by atoms with Crippen LogP contribution in [0.3, 0.4) is 0 Å². The Bertz CT molecular complexity index is 974. The fraction of sp³-hybridized carbons (Fsp3) is 0.381. The van der Waals surface area contributed by atoms with Gasteiger partial charge in [0.05, 0.1) is 29.8 Å². The summed E-state index contributed by atoms with van der Waals surface area (Å²) in [5.41, 5.74) is 13.6. The van der Waals surface area contributed by atoms with Crippen LogP contribution >= 0.6 is 11.6 Å². The summed E-state index contributed by atoms with van der Waals surface area (Å²) in [5.74, 6) is -0.0654. The molecule has 0 spiro atoms. The molecule has 1 aliphatic carbocycles. The minimum atomic E-state index is -0.455. The molecule has 2 aromatic rings. The molecule has 1 aromatic heterocycles. The molecule has 7 nitrogen and oxygen atoms in total. The van der Waals surface area contributed by atoms with Gasteiger partial charge in [0.1, 0.15) is 11.6 Å². The van der Waals surface area contributed by atoms with Crippen LogP contribution in [0.15, 0.2) is 36.3 Å². The topological polar surface area (TPSA) is 107 Å². The summed E-state index contributed by atoms with van der Waals surface area (Å²) in [7, 11) is 0. The van der Waals surface area contributed by atoms with Crippen molar-refractivity contribution in [3.63, 3.8) is 0 Å². The van der Waals surface area contributed by atoms with Gasteiger partial charge in [-0.25, -0.2) is 14.4 Å². The highest BCUT2D eigenvalue weighted by molar-refractivity contribution is 6.30. The first-order valence-corrected chi connectivity index (χ1v) is 10.2. The van der Waals surface area contributed by atoms with Crippen LogP contribution in [-0.2, 0) is 0 Å². The van der Waals surface area contributed by atoms with Crippen molar-refractivity contribution >= 4 is 23.1 Å². The Morgan fingerprint density at radius 3 is 2.57 bits per heavy atom. The van der Waals surface area contributed by atoms with E-state index in [2.05, 4.69) is 9.97 Å². The molecule has 0 saturated heterocycles. The lowest BCUT2D eigenvalue weighted by Crippen LogP contribution is -2.33. The molecule has 0 bridgehead atoms. The van der Waals surface area contributed by atoms with Crippen molar-refractivity contribution in [2.45, 2.75) is 37.8 Å². The molecule has 30 heavy (non-hydrogen) atoms. The second-order valence-corrected chi connectivity index (χ2v) is 8.12. The summed E-state index contributed by atoms with van der Waals surface area (Å²) >= 11 is 5.84. The number of hydrogen-bond acceptors (Lipinski definition) is 6. The molecule has 2 heterocycles. The van der Waals surface area contributed by atoms with E-state index < -0.39 is 5.82 Å². The second-order valence-electron chi connectivity index (χ2n) is 7.69. The van der Waals surface area contributed by atoms with Gasteiger partial charge >= 0.3 is 0 Å². The van der Waals surface area contributed by atoms with Crippen molar-refractivity contribution in [1.82, 2.24) is 14.9 Å². The molecular weight excluding hydrogens is 409 g/mol. The van der Waals surface area contributed by atoms with Crippen LogP contribution in [0.4, 0.5) is 4.39 Å². The Morgan fingerprint density at radius 2 is 1.87 bits per heavy atom. The number of nitrogens with two attached hydrogens (primary N) is 2. The van der Waals surface area contributed by atoms with Crippen molar-refractivity contribution in [3.8, 4) is 5.75 Å². The standard InChI is InChI=1S/C21H23ClFN5O2/c22-12-8-26-20(27-9-12)17-10-28(11-18(17)25)21(29)16-6-1-13(23)7-19(16)30-15-4-2-14(24)3-5-15/h1,6-9,14-15H,2-5,10-11,24-25H2. The number of rotatable bonds is 4. The van der Waals surface area contributed by atoms with Crippen LogP contribution in [0.1, 0.15) is 41.9 Å². The van der Waals surface area contributed by atoms with Gasteiger partial charge < -0.3 is 21.1 Å². The smallest absolute Gasteiger partial charge is 0.258 e. The predicted octanol–water partition coefficient (Wildman–Crippen LogP) is 2.74. The largest absolute Gasteiger partial charge is 0.489 e. The molecule has 0 unspecified atom stereocenters. The third kappa shape index (κ3) is 4.39. The van der Waals surface area contributed by atoms with E-state index in [4.69, 9.17) is 27.8 Å². The van der Waals surface area contributed by atoms with Gasteiger partial charge in [-0.15, -0.1) is 0 Å². The van der Waals surface area contributed by atoms with Gasteiger partial charge in [0.25, 0.3) is 5.91 Å². The van der Waals surface area contributed by atoms with E-state index in [0.29, 0.717) is 27.7 Å². The van der Waals surface area contributed by atoms with E-state index in [1.807, 2.05) is 0 Å². The van der Waals surface area contributed by atoms with Crippen LogP contribution in [0.5, 0.6) is 5.75 Å². The highest BCUT2D eigenvalue weighted by atomic mass is 35.5. The maximum absolute atomic E-state index is 13.9. The Hall–Kier alpha value is -2.71. The third-order valence-corrected chi connectivity index (χ3v) is 5.66. The Labute approximate surface area is 178 Å². The van der Waals surface area contributed by atoms with E-state index in [9.17, 15) is 9.18 Å². The number of carbonyl (C=O) groups is 1. The zero-order chi connectivity index (χ0) is 21.3. The Balaban J connectivity index is 1.52. The van der Waals surface area contributed by atoms with Crippen LogP contribution < -0.4 is 16.2 Å². The summed E-state index contributed by atoms with van der Waals surface area (Å²) in [5, 5.41) is 0.417. The molecule has 9 heteroatoms. The van der Waals surface area contributed by atoms with E-state index in [-0.39, 0.29) is 36.9 Å². The number of halogens is 2. The van der Waals surface area contributed by atoms with E-state index >= 15 is 0 Å². The normalized spacial score (nSPS) is 21.8. The summed E-state index contributed by atoms with van der Waals surface area (Å²) in [6.07, 6.45) is 6.13. The molecule has 4 N–H and O–H groups in total. The average Bonchev–Trinajstić information content (AvgIpc) is 3.12. The zero-order valence-electron chi connectivity index (χ0n) is 16.4. The van der Waals surface area contributed by atoms with Gasteiger partial charge in [-0.1, -0.05) is 11.6 Å². The van der Waals surface area contributed by atoms with Crippen LogP contribution in [0, 0.1) is 5.82 Å². The summed E-state index contributed by atoms with van der Waals surface area (Å²) in [4.78, 5) is 23.2. The minimum Gasteiger partial charge on any atom is -0.489 e. The monoisotopic (exact) mass is 431 g/mol. The molecule has 4 rings (SSSR count). The molecule has 1 amide bonds. The number of ether oxygens (including phenoxy) is 1. The van der Waals surface area contributed by atoms with E-state index in [0.717, 1.165) is 25.7 Å². The zero-order valence-corrected chi connectivity index (χ0v) is 17.1. The van der Waals surface area contributed by atoms with Gasteiger partial charge in [0, 0.05) is 35.8 Å². The Morgan fingerprint density at radius 1 is 1.17 bits per heavy atom. The number of hydrogen-bond donors (Lipinski definition) is 2. The second kappa shape index (κ2) is 8.57. The van der Waals surface area contributed by atoms with Crippen molar-refractivity contribution in [2.75, 3.05) is 13.1 Å². The van der Waals surface area contributed by atoms with Crippen LogP contribution in [-0.4, -0.2) is 46.0 Å². The van der Waals surface area contributed by atoms with Crippen molar-refractivity contribution in [3.05, 3.63) is 58.5 Å². The lowest BCUT2D eigenvalue weighted by Gasteiger charge is -2.28. The number of carbonyl (C=O) groups excluding carboxylic acids is 1. The maximum Gasteiger partial charge on any atom is 0.258 e. The predicted molar refractivity (Wildman–Crippen MR) is 111 cm³/mol. The molecule has 0 atom stereocenters. The SMILES string of the molecule is NC1=C(c2ncc(Cl)cn2)CN(C(=O)c2ccc(F)cc2OC2CCC(N)CC2)C1. The van der Waals surface area contributed by atoms with Crippen LogP contribution in [0.2, 0.25) is 5.02 Å². The fourth-order valence-electron chi connectivity index (χ4n) is 3.80. The average molecular weight is 432 g/mol. The van der Waals surface area contributed by atoms with Crippen LogP contribution in [0.25, 0.3) is 5.57 Å². The molecule has 1 saturated carbocycles. The van der Waals surface area contributed by atoms with Gasteiger partial charge in [-0.3, -0.25) is 4.79 Å².